The van der Waals surface area contributed by atoms with Crippen molar-refractivity contribution in [2.75, 3.05) is 23.8 Å². The van der Waals surface area contributed by atoms with Crippen LogP contribution in [0.15, 0.2) is 71.6 Å². The molecule has 0 radical (unpaired) electrons. The van der Waals surface area contributed by atoms with Crippen molar-refractivity contribution in [3.63, 3.8) is 0 Å². The van der Waals surface area contributed by atoms with Gasteiger partial charge in [0.2, 0.25) is 0 Å². The van der Waals surface area contributed by atoms with E-state index in [1.807, 2.05) is 0 Å². The van der Waals surface area contributed by atoms with Gasteiger partial charge >= 0.3 is 0 Å². The van der Waals surface area contributed by atoms with Crippen LogP contribution < -0.4 is 14.4 Å². The first-order valence-corrected chi connectivity index (χ1v) is 10.8. The summed E-state index contributed by atoms with van der Waals surface area (Å²) in [7, 11) is -0.840. The minimum atomic E-state index is -3.81. The number of rotatable bonds is 6. The lowest BCUT2D eigenvalue weighted by atomic mass is 10.1. The number of carbonyl (C=O) groups excluding carboxylic acids is 1. The number of ether oxygens (including phenoxy) is 1. The molecule has 1 amide bonds. The highest BCUT2D eigenvalue weighted by atomic mass is 35.5. The Morgan fingerprint density at radius 3 is 2.23 bits per heavy atom. The second-order valence-electron chi connectivity index (χ2n) is 6.61. The summed E-state index contributed by atoms with van der Waals surface area (Å²) in [5.74, 6) is 0.211. The van der Waals surface area contributed by atoms with Gasteiger partial charge in [-0.15, -0.1) is 0 Å². The quantitative estimate of drug-likeness (QED) is 0.596. The molecule has 0 aromatic heterocycles. The van der Waals surface area contributed by atoms with Crippen LogP contribution in [0.1, 0.15) is 15.9 Å². The lowest BCUT2D eigenvalue weighted by molar-refractivity contribution is 0.102. The summed E-state index contributed by atoms with van der Waals surface area (Å²) in [4.78, 5) is 12.8. The van der Waals surface area contributed by atoms with E-state index in [1.54, 1.807) is 61.5 Å². The van der Waals surface area contributed by atoms with Crippen molar-refractivity contribution in [2.45, 2.75) is 11.8 Å². The first-order chi connectivity index (χ1) is 14.2. The molecule has 0 saturated heterocycles. The Labute approximate surface area is 181 Å². The van der Waals surface area contributed by atoms with Crippen LogP contribution in [0.5, 0.6) is 5.75 Å². The molecule has 6 nitrogen and oxygen atoms in total. The number of hydrogen-bond acceptors (Lipinski definition) is 4. The molecule has 0 heterocycles. The van der Waals surface area contributed by atoms with E-state index < -0.39 is 10.0 Å². The number of carbonyl (C=O) groups is 1. The van der Waals surface area contributed by atoms with Crippen LogP contribution in [0.3, 0.4) is 0 Å². The number of nitrogens with one attached hydrogen (secondary N) is 1. The van der Waals surface area contributed by atoms with Gasteiger partial charge in [0, 0.05) is 23.3 Å². The van der Waals surface area contributed by atoms with Crippen LogP contribution >= 0.6 is 11.6 Å². The standard InChI is InChI=1S/C22H21ClN2O4S/c1-15-4-5-16(22(26)24-18-8-6-17(23)7-9-18)14-21(15)25(2)30(27,28)20-12-10-19(29-3)11-13-20/h4-14H,1-3H3,(H,24,26). The number of amides is 1. The lowest BCUT2D eigenvalue weighted by Crippen LogP contribution is -2.27. The molecule has 30 heavy (non-hydrogen) atoms. The Bertz CT molecular complexity index is 1160. The first kappa shape index (κ1) is 21.7. The fraction of sp³-hybridized carbons (Fsp3) is 0.136. The third-order valence-corrected chi connectivity index (χ3v) is 6.67. The normalized spacial score (nSPS) is 11.1. The van der Waals surface area contributed by atoms with E-state index in [2.05, 4.69) is 5.32 Å². The molecule has 0 unspecified atom stereocenters. The van der Waals surface area contributed by atoms with Crippen LogP contribution in [0.25, 0.3) is 0 Å². The number of methoxy groups -OCH3 is 1. The monoisotopic (exact) mass is 444 g/mol. The molecule has 8 heteroatoms. The zero-order chi connectivity index (χ0) is 21.9. The van der Waals surface area contributed by atoms with Gasteiger partial charge in [-0.1, -0.05) is 17.7 Å². The highest BCUT2D eigenvalue weighted by Crippen LogP contribution is 2.28. The van der Waals surface area contributed by atoms with Crippen LogP contribution in [-0.2, 0) is 10.0 Å². The average Bonchev–Trinajstić information content (AvgIpc) is 2.75. The van der Waals surface area contributed by atoms with Crippen molar-refractivity contribution >= 4 is 38.9 Å². The van der Waals surface area contributed by atoms with Gasteiger partial charge in [-0.2, -0.15) is 0 Å². The third-order valence-electron chi connectivity index (χ3n) is 4.63. The van der Waals surface area contributed by atoms with E-state index in [9.17, 15) is 13.2 Å². The molecule has 0 bridgehead atoms. The molecule has 0 aliphatic heterocycles. The van der Waals surface area contributed by atoms with Crippen LogP contribution in [0.2, 0.25) is 5.02 Å². The first-order valence-electron chi connectivity index (χ1n) is 9.03. The summed E-state index contributed by atoms with van der Waals surface area (Å²) in [5.41, 5.74) is 2.06. The van der Waals surface area contributed by atoms with Crippen molar-refractivity contribution in [1.82, 2.24) is 0 Å². The Morgan fingerprint density at radius 1 is 1.00 bits per heavy atom. The van der Waals surface area contributed by atoms with Crippen molar-refractivity contribution < 1.29 is 17.9 Å². The largest absolute Gasteiger partial charge is 0.497 e. The molecule has 0 aliphatic rings. The molecule has 0 atom stereocenters. The highest BCUT2D eigenvalue weighted by molar-refractivity contribution is 7.92. The molecule has 156 valence electrons. The summed E-state index contributed by atoms with van der Waals surface area (Å²) >= 11 is 5.87. The Balaban J connectivity index is 1.89. The number of halogens is 1. The number of aryl methyl sites for hydroxylation is 1. The van der Waals surface area contributed by atoms with Gasteiger partial charge in [0.05, 0.1) is 17.7 Å². The molecule has 3 rings (SSSR count). The van der Waals surface area contributed by atoms with E-state index >= 15 is 0 Å². The van der Waals surface area contributed by atoms with Crippen molar-refractivity contribution in [3.05, 3.63) is 82.9 Å². The van der Waals surface area contributed by atoms with Gasteiger partial charge in [-0.05, 0) is 73.2 Å². The summed E-state index contributed by atoms with van der Waals surface area (Å²) in [5, 5.41) is 3.34. The molecule has 0 saturated carbocycles. The van der Waals surface area contributed by atoms with Crippen molar-refractivity contribution in [1.29, 1.82) is 0 Å². The molecule has 0 spiro atoms. The average molecular weight is 445 g/mol. The molecule has 0 aliphatic carbocycles. The van der Waals surface area contributed by atoms with Crippen LogP contribution in [0.4, 0.5) is 11.4 Å². The molecule has 3 aromatic carbocycles. The minimum Gasteiger partial charge on any atom is -0.497 e. The maximum absolute atomic E-state index is 13.1. The summed E-state index contributed by atoms with van der Waals surface area (Å²) in [6, 6.07) is 17.8. The number of benzene rings is 3. The SMILES string of the molecule is COc1ccc(S(=O)(=O)N(C)c2cc(C(=O)Nc3ccc(Cl)cc3)ccc2C)cc1. The van der Waals surface area contributed by atoms with E-state index in [-0.39, 0.29) is 10.8 Å². The summed E-state index contributed by atoms with van der Waals surface area (Å²) in [6.07, 6.45) is 0. The number of anilines is 2. The van der Waals surface area contributed by atoms with Gasteiger partial charge in [0.25, 0.3) is 15.9 Å². The van der Waals surface area contributed by atoms with E-state index in [1.165, 1.54) is 30.6 Å². The lowest BCUT2D eigenvalue weighted by Gasteiger charge is -2.22. The fourth-order valence-electron chi connectivity index (χ4n) is 2.86. The number of hydrogen-bond donors (Lipinski definition) is 1. The maximum atomic E-state index is 13.1. The van der Waals surface area contributed by atoms with E-state index in [0.29, 0.717) is 27.7 Å². The zero-order valence-electron chi connectivity index (χ0n) is 16.7. The molecule has 0 fully saturated rings. The zero-order valence-corrected chi connectivity index (χ0v) is 18.3. The number of sulfonamides is 1. The van der Waals surface area contributed by atoms with Gasteiger partial charge in [-0.25, -0.2) is 8.42 Å². The van der Waals surface area contributed by atoms with Crippen LogP contribution in [0, 0.1) is 6.92 Å². The molecule has 1 N–H and O–H groups in total. The smallest absolute Gasteiger partial charge is 0.264 e. The topological polar surface area (TPSA) is 75.7 Å². The Kier molecular flexibility index (Phi) is 6.34. The van der Waals surface area contributed by atoms with Crippen molar-refractivity contribution in [2.24, 2.45) is 0 Å². The Hall–Kier alpha value is -3.03. The predicted octanol–water partition coefficient (Wildman–Crippen LogP) is 4.73. The summed E-state index contributed by atoms with van der Waals surface area (Å²) in [6.45, 7) is 1.79. The summed E-state index contributed by atoms with van der Waals surface area (Å²) < 4.78 is 32.4. The van der Waals surface area contributed by atoms with Crippen LogP contribution in [-0.4, -0.2) is 28.5 Å². The minimum absolute atomic E-state index is 0.126. The third kappa shape index (κ3) is 4.58. The second-order valence-corrected chi connectivity index (χ2v) is 9.02. The molecule has 3 aromatic rings. The highest BCUT2D eigenvalue weighted by Gasteiger charge is 2.23. The second kappa shape index (κ2) is 8.77. The maximum Gasteiger partial charge on any atom is 0.264 e. The predicted molar refractivity (Wildman–Crippen MR) is 119 cm³/mol. The van der Waals surface area contributed by atoms with Gasteiger partial charge in [-0.3, -0.25) is 9.10 Å². The Morgan fingerprint density at radius 2 is 1.63 bits per heavy atom. The van der Waals surface area contributed by atoms with E-state index in [4.69, 9.17) is 16.3 Å². The van der Waals surface area contributed by atoms with E-state index in [0.717, 1.165) is 5.56 Å². The molecular weight excluding hydrogens is 424 g/mol. The number of nitrogens with zero attached hydrogens (tertiary/aromatic N) is 1. The van der Waals surface area contributed by atoms with Gasteiger partial charge in [0.15, 0.2) is 0 Å². The fourth-order valence-corrected chi connectivity index (χ4v) is 4.24. The van der Waals surface area contributed by atoms with Gasteiger partial charge < -0.3 is 10.1 Å². The van der Waals surface area contributed by atoms with Crippen molar-refractivity contribution in [3.8, 4) is 5.75 Å². The van der Waals surface area contributed by atoms with Gasteiger partial charge in [0.1, 0.15) is 5.75 Å². The molecular formula is C22H21ClN2O4S.